The van der Waals surface area contributed by atoms with E-state index in [9.17, 15) is 8.42 Å². The van der Waals surface area contributed by atoms with Gasteiger partial charge in [-0.05, 0) is 0 Å². The molecule has 0 aliphatic carbocycles. The third-order valence-electron chi connectivity index (χ3n) is 1.26. The fourth-order valence-electron chi connectivity index (χ4n) is 0.384. The Morgan fingerprint density at radius 3 is 1.26 bits per heavy atom. The van der Waals surface area contributed by atoms with E-state index in [1.54, 1.807) is 0 Å². The van der Waals surface area contributed by atoms with E-state index in [0.29, 0.717) is 0 Å². The van der Waals surface area contributed by atoms with E-state index >= 15 is 0 Å². The smallest absolute Gasteiger partial charge is 0.378 e. The summed E-state index contributed by atoms with van der Waals surface area (Å²) in [6.45, 7) is 0. The summed E-state index contributed by atoms with van der Waals surface area (Å²) >= 11 is 0. The molecule has 116 valence electrons. The normalized spacial score (nSPS) is 18.5. The average Bonchev–Trinajstić information content (AvgIpc) is 2.20. The summed E-state index contributed by atoms with van der Waals surface area (Å²) in [7, 11) is -8.00. The van der Waals surface area contributed by atoms with Gasteiger partial charge in [-0.3, -0.25) is 0 Å². The topological polar surface area (TPSA) is 214 Å². The summed E-state index contributed by atoms with van der Waals surface area (Å²) in [6.07, 6.45) is 0. The Hall–Kier alpha value is 0.410. The van der Waals surface area contributed by atoms with Crippen LogP contribution in [0.2, 0.25) is 0 Å². The maximum absolute atomic E-state index is 11.0. The van der Waals surface area contributed by atoms with Crippen LogP contribution in [0.5, 0.6) is 0 Å². The highest BCUT2D eigenvalue weighted by atomic mass is 32.3. The predicted octanol–water partition coefficient (Wildman–Crippen LogP) is -4.65. The molecule has 0 amide bonds. The van der Waals surface area contributed by atoms with E-state index in [1.165, 1.54) is 0 Å². The number of rotatable bonds is 8. The second-order valence-electron chi connectivity index (χ2n) is 2.99. The van der Waals surface area contributed by atoms with Crippen LogP contribution in [-0.2, 0) is 18.3 Å². The fourth-order valence-corrected chi connectivity index (χ4v) is 2.81. The number of aliphatic hydroxyl groups excluding tert-OH is 2. The van der Waals surface area contributed by atoms with E-state index < -0.39 is 51.7 Å². The molecule has 0 saturated carbocycles. The number of hydrogen-bond donors (Lipinski definition) is 8. The predicted molar refractivity (Wildman–Crippen MR) is 58.5 cm³/mol. The van der Waals surface area contributed by atoms with Crippen LogP contribution in [0.25, 0.3) is 0 Å². The zero-order valence-corrected chi connectivity index (χ0v) is 11.6. The van der Waals surface area contributed by atoms with Crippen LogP contribution in [0, 0.1) is 0 Å². The lowest BCUT2D eigenvalue weighted by atomic mass is 10.6. The summed E-state index contributed by atoms with van der Waals surface area (Å²) in [5, 5.41) is 68.1. The van der Waals surface area contributed by atoms with Gasteiger partial charge in [-0.25, -0.2) is 7.94 Å². The van der Waals surface area contributed by atoms with Crippen LogP contribution in [0.15, 0.2) is 0 Å². The monoisotopic (exact) mass is 346 g/mol. The zero-order chi connectivity index (χ0) is 15.5. The first-order valence-electron chi connectivity index (χ1n) is 4.09. The van der Waals surface area contributed by atoms with Crippen molar-refractivity contribution in [3.63, 3.8) is 0 Å². The minimum absolute atomic E-state index is 1.57. The summed E-state index contributed by atoms with van der Waals surface area (Å²) < 4.78 is 29.7. The summed E-state index contributed by atoms with van der Waals surface area (Å²) in [4.78, 5) is 0. The minimum atomic E-state index is -4.85. The third kappa shape index (κ3) is 8.32. The fraction of sp³-hybridized carbons (Fsp3) is 1.00. The van der Waals surface area contributed by atoms with Crippen LogP contribution < -0.4 is 0 Å². The molecule has 8 N–H and O–H groups in total. The van der Waals surface area contributed by atoms with Gasteiger partial charge in [0.1, 0.15) is 0 Å². The van der Waals surface area contributed by atoms with Gasteiger partial charge >= 0.3 is 22.3 Å². The van der Waals surface area contributed by atoms with Crippen LogP contribution >= 0.6 is 17.6 Å². The lowest BCUT2D eigenvalue weighted by Gasteiger charge is -2.21. The summed E-state index contributed by atoms with van der Waals surface area (Å²) in [6, 6.07) is 0. The van der Waals surface area contributed by atoms with Crippen molar-refractivity contribution in [2.45, 2.75) is 23.6 Å². The molecule has 0 heterocycles. The Bertz CT molecular complexity index is 338. The Labute approximate surface area is 109 Å². The first kappa shape index (κ1) is 19.4. The Kier molecular flexibility index (Phi) is 7.06. The second-order valence-corrected chi connectivity index (χ2v) is 6.71. The van der Waals surface area contributed by atoms with Crippen LogP contribution in [0.3, 0.4) is 0 Å². The maximum Gasteiger partial charge on any atom is 0.405 e. The third-order valence-corrected chi connectivity index (χ3v) is 4.88. The van der Waals surface area contributed by atoms with E-state index in [0.717, 1.165) is 0 Å². The van der Waals surface area contributed by atoms with Crippen molar-refractivity contribution in [2.24, 2.45) is 0 Å². The zero-order valence-electron chi connectivity index (χ0n) is 8.77. The minimum Gasteiger partial charge on any atom is -0.378 e. The van der Waals surface area contributed by atoms with Crippen LogP contribution in [0.1, 0.15) is 0 Å². The van der Waals surface area contributed by atoms with E-state index in [1.807, 2.05) is 0 Å². The van der Waals surface area contributed by atoms with Gasteiger partial charge in [-0.15, -0.1) is 0 Å². The van der Waals surface area contributed by atoms with Crippen molar-refractivity contribution in [2.75, 3.05) is 0 Å². The average molecular weight is 346 g/mol. The van der Waals surface area contributed by atoms with E-state index in [-0.39, 0.29) is 0 Å². The van der Waals surface area contributed by atoms with Crippen molar-refractivity contribution < 1.29 is 57.2 Å². The van der Waals surface area contributed by atoms with Crippen LogP contribution in [-0.4, -0.2) is 72.9 Å². The molecule has 0 spiro atoms. The van der Waals surface area contributed by atoms with Gasteiger partial charge in [-0.2, -0.15) is 8.42 Å². The molecule has 0 saturated heterocycles. The maximum atomic E-state index is 11.0. The van der Waals surface area contributed by atoms with Gasteiger partial charge in [0, 0.05) is 0 Å². The van der Waals surface area contributed by atoms with Gasteiger partial charge in [0.15, 0.2) is 11.7 Å². The SMILES string of the molecule is O=S(=O)(OPC(O)C(O)(O)O)OPC(O)C(O)(O)O. The highest BCUT2D eigenvalue weighted by Crippen LogP contribution is 2.32. The lowest BCUT2D eigenvalue weighted by Crippen LogP contribution is -2.39. The molecular weight excluding hydrogens is 334 g/mol. The molecule has 4 unspecified atom stereocenters. The van der Waals surface area contributed by atoms with Crippen molar-refractivity contribution in [3.8, 4) is 0 Å². The number of aliphatic hydroxyl groups is 8. The first-order valence-corrected chi connectivity index (χ1v) is 7.39. The highest BCUT2D eigenvalue weighted by Gasteiger charge is 2.35. The van der Waals surface area contributed by atoms with Crippen LogP contribution in [0.4, 0.5) is 0 Å². The Balaban J connectivity index is 4.29. The van der Waals surface area contributed by atoms with Crippen molar-refractivity contribution in [3.05, 3.63) is 0 Å². The molecule has 0 aromatic heterocycles. The molecular formula is C4H12O12P2S. The number of hydrogen-bond acceptors (Lipinski definition) is 12. The molecule has 0 aliphatic heterocycles. The van der Waals surface area contributed by atoms with Gasteiger partial charge in [-0.1, -0.05) is 0 Å². The molecule has 4 atom stereocenters. The van der Waals surface area contributed by atoms with Gasteiger partial charge in [0.25, 0.3) is 0 Å². The lowest BCUT2D eigenvalue weighted by molar-refractivity contribution is -0.337. The molecule has 0 aromatic carbocycles. The van der Waals surface area contributed by atoms with Gasteiger partial charge in [0.2, 0.25) is 0 Å². The molecule has 15 heteroatoms. The first-order chi connectivity index (χ1) is 8.26. The largest absolute Gasteiger partial charge is 0.405 e. The van der Waals surface area contributed by atoms with Crippen molar-refractivity contribution in [1.82, 2.24) is 0 Å². The quantitative estimate of drug-likeness (QED) is 0.154. The van der Waals surface area contributed by atoms with E-state index in [4.69, 9.17) is 40.9 Å². The summed E-state index contributed by atoms with van der Waals surface area (Å²) in [5.74, 6) is -11.9. The molecule has 0 bridgehead atoms. The molecule has 0 rings (SSSR count). The standard InChI is InChI=1S/C4H12O12P2S/c5-1(3(7,8)9)17-15-19(13,14)16-18-2(6)4(10,11)12/h1-2,5-12,17-18H. The molecule has 19 heavy (non-hydrogen) atoms. The highest BCUT2D eigenvalue weighted by molar-refractivity contribution is 7.88. The molecule has 0 aromatic rings. The Morgan fingerprint density at radius 2 is 1.05 bits per heavy atom. The van der Waals surface area contributed by atoms with Crippen molar-refractivity contribution in [1.29, 1.82) is 0 Å². The molecule has 0 radical (unpaired) electrons. The van der Waals surface area contributed by atoms with Gasteiger partial charge in [0.05, 0.1) is 17.6 Å². The van der Waals surface area contributed by atoms with E-state index in [2.05, 4.69) is 7.94 Å². The van der Waals surface area contributed by atoms with Gasteiger partial charge < -0.3 is 40.9 Å². The molecule has 0 aliphatic rings. The Morgan fingerprint density at radius 1 is 0.789 bits per heavy atom. The molecule has 0 fully saturated rings. The molecule has 12 nitrogen and oxygen atoms in total. The summed E-state index contributed by atoms with van der Waals surface area (Å²) in [5.41, 5.74) is 0. The van der Waals surface area contributed by atoms with Crippen molar-refractivity contribution >= 4 is 28.0 Å². The second kappa shape index (κ2) is 6.91.